The van der Waals surface area contributed by atoms with E-state index in [9.17, 15) is 0 Å². The standard InChI is InChI=1S/C13H16N4/c1-2-7-16(8-3-1)12-5-4-6-13(9-12)17-11-14-10-15-17/h4-6,9-11H,1-3,7-8H2. The third-order valence-electron chi connectivity index (χ3n) is 3.23. The molecule has 1 aromatic heterocycles. The van der Waals surface area contributed by atoms with Gasteiger partial charge in [0.1, 0.15) is 12.7 Å². The molecule has 4 nitrogen and oxygen atoms in total. The summed E-state index contributed by atoms with van der Waals surface area (Å²) in [5.41, 5.74) is 2.36. The lowest BCUT2D eigenvalue weighted by Gasteiger charge is -2.29. The fourth-order valence-corrected chi connectivity index (χ4v) is 2.33. The first-order valence-corrected chi connectivity index (χ1v) is 6.13. The lowest BCUT2D eigenvalue weighted by Crippen LogP contribution is -2.29. The zero-order chi connectivity index (χ0) is 11.5. The number of rotatable bonds is 2. The highest BCUT2D eigenvalue weighted by atomic mass is 15.3. The van der Waals surface area contributed by atoms with Crippen LogP contribution in [-0.2, 0) is 0 Å². The van der Waals surface area contributed by atoms with E-state index >= 15 is 0 Å². The van der Waals surface area contributed by atoms with Crippen molar-refractivity contribution in [2.45, 2.75) is 19.3 Å². The van der Waals surface area contributed by atoms with Gasteiger partial charge in [0, 0.05) is 18.8 Å². The summed E-state index contributed by atoms with van der Waals surface area (Å²) in [5, 5.41) is 4.16. The van der Waals surface area contributed by atoms with E-state index in [-0.39, 0.29) is 0 Å². The monoisotopic (exact) mass is 228 g/mol. The van der Waals surface area contributed by atoms with Gasteiger partial charge in [0.15, 0.2) is 0 Å². The van der Waals surface area contributed by atoms with Crippen LogP contribution in [-0.4, -0.2) is 27.9 Å². The van der Waals surface area contributed by atoms with Crippen molar-refractivity contribution in [1.82, 2.24) is 14.8 Å². The summed E-state index contributed by atoms with van der Waals surface area (Å²) in [4.78, 5) is 6.43. The second-order valence-electron chi connectivity index (χ2n) is 4.41. The van der Waals surface area contributed by atoms with Gasteiger partial charge in [-0.3, -0.25) is 0 Å². The quantitative estimate of drug-likeness (QED) is 0.790. The molecule has 1 fully saturated rings. The Morgan fingerprint density at radius 3 is 2.59 bits per heavy atom. The molecule has 17 heavy (non-hydrogen) atoms. The highest BCUT2D eigenvalue weighted by molar-refractivity contribution is 5.53. The van der Waals surface area contributed by atoms with E-state index in [0.717, 1.165) is 5.69 Å². The predicted octanol–water partition coefficient (Wildman–Crippen LogP) is 2.26. The first-order valence-electron chi connectivity index (χ1n) is 6.13. The van der Waals surface area contributed by atoms with Gasteiger partial charge in [0.2, 0.25) is 0 Å². The van der Waals surface area contributed by atoms with Crippen LogP contribution in [0.25, 0.3) is 5.69 Å². The van der Waals surface area contributed by atoms with Crippen LogP contribution in [0, 0.1) is 0 Å². The fourth-order valence-electron chi connectivity index (χ4n) is 2.33. The van der Waals surface area contributed by atoms with Gasteiger partial charge in [-0.15, -0.1) is 0 Å². The Labute approximate surface area is 101 Å². The second kappa shape index (κ2) is 4.57. The molecule has 0 radical (unpaired) electrons. The summed E-state index contributed by atoms with van der Waals surface area (Å²) in [6, 6.07) is 8.49. The minimum atomic E-state index is 1.07. The van der Waals surface area contributed by atoms with Crippen LogP contribution >= 0.6 is 0 Å². The Hall–Kier alpha value is -1.84. The van der Waals surface area contributed by atoms with Gasteiger partial charge in [-0.2, -0.15) is 5.10 Å². The molecular formula is C13H16N4. The molecule has 0 unspecified atom stereocenters. The number of hydrogen-bond donors (Lipinski definition) is 0. The third kappa shape index (κ3) is 2.16. The Bertz CT molecular complexity index is 472. The van der Waals surface area contributed by atoms with E-state index in [4.69, 9.17) is 0 Å². The smallest absolute Gasteiger partial charge is 0.138 e. The lowest BCUT2D eigenvalue weighted by atomic mass is 10.1. The fraction of sp³-hybridized carbons (Fsp3) is 0.385. The molecule has 0 amide bonds. The maximum Gasteiger partial charge on any atom is 0.138 e. The molecule has 2 aromatic rings. The van der Waals surface area contributed by atoms with E-state index in [1.165, 1.54) is 38.0 Å². The maximum atomic E-state index is 4.16. The molecule has 0 N–H and O–H groups in total. The SMILES string of the molecule is c1cc(N2CCCCC2)cc(-n2cncn2)c1. The van der Waals surface area contributed by atoms with Crippen LogP contribution in [0.15, 0.2) is 36.9 Å². The molecule has 1 aromatic carbocycles. The molecule has 1 aliphatic rings. The topological polar surface area (TPSA) is 34.0 Å². The van der Waals surface area contributed by atoms with Crippen molar-refractivity contribution in [3.63, 3.8) is 0 Å². The van der Waals surface area contributed by atoms with Crippen molar-refractivity contribution in [2.24, 2.45) is 0 Å². The minimum Gasteiger partial charge on any atom is -0.371 e. The van der Waals surface area contributed by atoms with E-state index < -0.39 is 0 Å². The molecular weight excluding hydrogens is 212 g/mol. The van der Waals surface area contributed by atoms with Crippen molar-refractivity contribution >= 4 is 5.69 Å². The summed E-state index contributed by atoms with van der Waals surface area (Å²) in [6.45, 7) is 2.33. The number of aromatic nitrogens is 3. The zero-order valence-corrected chi connectivity index (χ0v) is 9.79. The Balaban J connectivity index is 1.88. The van der Waals surface area contributed by atoms with E-state index in [1.54, 1.807) is 17.3 Å². The van der Waals surface area contributed by atoms with Crippen LogP contribution in [0.5, 0.6) is 0 Å². The number of anilines is 1. The van der Waals surface area contributed by atoms with Gasteiger partial charge < -0.3 is 4.90 Å². The van der Waals surface area contributed by atoms with Crippen molar-refractivity contribution < 1.29 is 0 Å². The third-order valence-corrected chi connectivity index (χ3v) is 3.23. The van der Waals surface area contributed by atoms with Crippen LogP contribution in [0.4, 0.5) is 5.69 Å². The van der Waals surface area contributed by atoms with Crippen LogP contribution in [0.3, 0.4) is 0 Å². The van der Waals surface area contributed by atoms with E-state index in [2.05, 4.69) is 39.2 Å². The van der Waals surface area contributed by atoms with Gasteiger partial charge in [-0.1, -0.05) is 6.07 Å². The highest BCUT2D eigenvalue weighted by Gasteiger charge is 2.11. The average Bonchev–Trinajstić information content (AvgIpc) is 2.94. The summed E-state index contributed by atoms with van der Waals surface area (Å²) >= 11 is 0. The van der Waals surface area contributed by atoms with Gasteiger partial charge in [-0.25, -0.2) is 9.67 Å². The predicted molar refractivity (Wildman–Crippen MR) is 67.4 cm³/mol. The van der Waals surface area contributed by atoms with Crippen molar-refractivity contribution in [3.05, 3.63) is 36.9 Å². The highest BCUT2D eigenvalue weighted by Crippen LogP contribution is 2.21. The van der Waals surface area contributed by atoms with E-state index in [0.29, 0.717) is 0 Å². The molecule has 0 spiro atoms. The molecule has 0 bridgehead atoms. The van der Waals surface area contributed by atoms with Gasteiger partial charge in [0.05, 0.1) is 5.69 Å². The summed E-state index contributed by atoms with van der Waals surface area (Å²) in [7, 11) is 0. The normalized spacial score (nSPS) is 16.1. The maximum absolute atomic E-state index is 4.16. The molecule has 2 heterocycles. The van der Waals surface area contributed by atoms with E-state index in [1.807, 2.05) is 0 Å². The summed E-state index contributed by atoms with van der Waals surface area (Å²) in [6.07, 6.45) is 7.25. The zero-order valence-electron chi connectivity index (χ0n) is 9.79. The summed E-state index contributed by atoms with van der Waals surface area (Å²) in [5.74, 6) is 0. The molecule has 3 rings (SSSR count). The Kier molecular flexibility index (Phi) is 2.78. The van der Waals surface area contributed by atoms with Crippen LogP contribution < -0.4 is 4.90 Å². The van der Waals surface area contributed by atoms with Crippen LogP contribution in [0.1, 0.15) is 19.3 Å². The molecule has 88 valence electrons. The van der Waals surface area contributed by atoms with Gasteiger partial charge in [-0.05, 0) is 37.5 Å². The Morgan fingerprint density at radius 2 is 1.82 bits per heavy atom. The number of nitrogens with zero attached hydrogens (tertiary/aromatic N) is 4. The van der Waals surface area contributed by atoms with Crippen LogP contribution in [0.2, 0.25) is 0 Å². The first kappa shape index (κ1) is 10.3. The van der Waals surface area contributed by atoms with Gasteiger partial charge >= 0.3 is 0 Å². The van der Waals surface area contributed by atoms with Crippen molar-refractivity contribution in [3.8, 4) is 5.69 Å². The largest absolute Gasteiger partial charge is 0.371 e. The number of benzene rings is 1. The minimum absolute atomic E-state index is 1.07. The lowest BCUT2D eigenvalue weighted by molar-refractivity contribution is 0.577. The molecule has 0 saturated carbocycles. The number of hydrogen-bond acceptors (Lipinski definition) is 3. The molecule has 1 saturated heterocycles. The summed E-state index contributed by atoms with van der Waals surface area (Å²) < 4.78 is 1.80. The molecule has 0 atom stereocenters. The first-order chi connectivity index (χ1) is 8.43. The van der Waals surface area contributed by atoms with Crippen molar-refractivity contribution in [1.29, 1.82) is 0 Å². The van der Waals surface area contributed by atoms with Crippen molar-refractivity contribution in [2.75, 3.05) is 18.0 Å². The van der Waals surface area contributed by atoms with Gasteiger partial charge in [0.25, 0.3) is 0 Å². The number of piperidine rings is 1. The average molecular weight is 228 g/mol. The molecule has 1 aliphatic heterocycles. The molecule has 0 aliphatic carbocycles. The second-order valence-corrected chi connectivity index (χ2v) is 4.41. The Morgan fingerprint density at radius 1 is 1.00 bits per heavy atom. The molecule has 4 heteroatoms.